The molecule has 6 atom stereocenters. The van der Waals surface area contributed by atoms with Crippen LogP contribution in [0.25, 0.3) is 0 Å². The molecule has 3 aliphatic rings. The van der Waals surface area contributed by atoms with Gasteiger partial charge < -0.3 is 9.84 Å². The predicted molar refractivity (Wildman–Crippen MR) is 76.6 cm³/mol. The van der Waals surface area contributed by atoms with Gasteiger partial charge in [-0.15, -0.1) is 0 Å². The van der Waals surface area contributed by atoms with Gasteiger partial charge in [-0.3, -0.25) is 0 Å². The van der Waals surface area contributed by atoms with Crippen LogP contribution in [-0.4, -0.2) is 17.0 Å². The maximum absolute atomic E-state index is 10.2. The van der Waals surface area contributed by atoms with E-state index in [0.29, 0.717) is 16.7 Å². The highest BCUT2D eigenvalue weighted by atomic mass is 16.6. The van der Waals surface area contributed by atoms with Crippen molar-refractivity contribution >= 4 is 0 Å². The molecule has 2 saturated carbocycles. The van der Waals surface area contributed by atoms with Crippen LogP contribution in [0.3, 0.4) is 0 Å². The standard InChI is InChI=1S/C17H30O2/c1-11-13-16(4)9-6-8-15(2,3)12(16)7-10-17(13,5)19-14(11)18/h11-14,18H,6-10H2,1-5H3/t11-,12-,13+,14?,16-,17+/m0/s1. The highest BCUT2D eigenvalue weighted by molar-refractivity contribution is 5.11. The van der Waals surface area contributed by atoms with Gasteiger partial charge in [-0.1, -0.05) is 34.1 Å². The summed E-state index contributed by atoms with van der Waals surface area (Å²) in [5.74, 6) is 1.56. The van der Waals surface area contributed by atoms with Gasteiger partial charge in [-0.25, -0.2) is 0 Å². The van der Waals surface area contributed by atoms with E-state index >= 15 is 0 Å². The van der Waals surface area contributed by atoms with Crippen LogP contribution in [0.15, 0.2) is 0 Å². The van der Waals surface area contributed by atoms with E-state index < -0.39 is 6.29 Å². The van der Waals surface area contributed by atoms with Crippen molar-refractivity contribution in [1.82, 2.24) is 0 Å². The largest absolute Gasteiger partial charge is 0.368 e. The van der Waals surface area contributed by atoms with Gasteiger partial charge in [0.1, 0.15) is 0 Å². The zero-order valence-electron chi connectivity index (χ0n) is 13.2. The van der Waals surface area contributed by atoms with Crippen molar-refractivity contribution in [2.75, 3.05) is 0 Å². The van der Waals surface area contributed by atoms with Gasteiger partial charge in [0.25, 0.3) is 0 Å². The average molecular weight is 266 g/mol. The van der Waals surface area contributed by atoms with Crippen LogP contribution in [0.2, 0.25) is 0 Å². The summed E-state index contributed by atoms with van der Waals surface area (Å²) in [6, 6.07) is 0. The third-order valence-electron chi connectivity index (χ3n) is 6.94. The Bertz CT molecular complexity index is 377. The first-order valence-corrected chi connectivity index (χ1v) is 8.07. The second kappa shape index (κ2) is 3.98. The molecule has 1 saturated heterocycles. The van der Waals surface area contributed by atoms with Gasteiger partial charge in [0.15, 0.2) is 6.29 Å². The maximum Gasteiger partial charge on any atom is 0.158 e. The summed E-state index contributed by atoms with van der Waals surface area (Å²) in [7, 11) is 0. The van der Waals surface area contributed by atoms with Crippen molar-refractivity contribution in [2.45, 2.75) is 78.6 Å². The molecule has 1 aliphatic heterocycles. The van der Waals surface area contributed by atoms with Crippen molar-refractivity contribution in [1.29, 1.82) is 0 Å². The normalized spacial score (nSPS) is 56.5. The highest BCUT2D eigenvalue weighted by Gasteiger charge is 2.64. The molecule has 19 heavy (non-hydrogen) atoms. The number of hydrogen-bond donors (Lipinski definition) is 1. The molecule has 0 aromatic rings. The van der Waals surface area contributed by atoms with Crippen LogP contribution in [0.4, 0.5) is 0 Å². The smallest absolute Gasteiger partial charge is 0.158 e. The molecule has 2 nitrogen and oxygen atoms in total. The molecule has 0 bridgehead atoms. The monoisotopic (exact) mass is 266 g/mol. The molecule has 0 radical (unpaired) electrons. The number of aliphatic hydroxyl groups is 1. The topological polar surface area (TPSA) is 29.5 Å². The van der Waals surface area contributed by atoms with E-state index in [0.717, 1.165) is 12.3 Å². The molecule has 110 valence electrons. The van der Waals surface area contributed by atoms with Crippen molar-refractivity contribution < 1.29 is 9.84 Å². The minimum Gasteiger partial charge on any atom is -0.368 e. The number of ether oxygens (including phenoxy) is 1. The number of rotatable bonds is 0. The minimum atomic E-state index is -0.560. The number of fused-ring (bicyclic) bond motifs is 3. The maximum atomic E-state index is 10.2. The second-order valence-electron chi connectivity index (χ2n) is 8.60. The number of hydrogen-bond acceptors (Lipinski definition) is 2. The quantitative estimate of drug-likeness (QED) is 0.719. The Hall–Kier alpha value is -0.0800. The molecule has 1 N–H and O–H groups in total. The van der Waals surface area contributed by atoms with E-state index in [1.54, 1.807) is 0 Å². The molecule has 0 aromatic carbocycles. The zero-order valence-corrected chi connectivity index (χ0v) is 13.2. The van der Waals surface area contributed by atoms with Crippen LogP contribution in [-0.2, 0) is 4.74 Å². The van der Waals surface area contributed by atoms with Gasteiger partial charge in [-0.2, -0.15) is 0 Å². The Morgan fingerprint density at radius 3 is 2.42 bits per heavy atom. The molecular weight excluding hydrogens is 236 g/mol. The molecule has 0 aromatic heterocycles. The van der Waals surface area contributed by atoms with Crippen molar-refractivity contribution in [3.8, 4) is 0 Å². The van der Waals surface area contributed by atoms with Gasteiger partial charge in [0, 0.05) is 11.8 Å². The highest BCUT2D eigenvalue weighted by Crippen LogP contribution is 2.66. The zero-order chi connectivity index (χ0) is 14.1. The lowest BCUT2D eigenvalue weighted by atomic mass is 9.44. The van der Waals surface area contributed by atoms with E-state index in [2.05, 4.69) is 34.6 Å². The van der Waals surface area contributed by atoms with Crippen LogP contribution < -0.4 is 0 Å². The lowest BCUT2D eigenvalue weighted by Gasteiger charge is -2.60. The third-order valence-corrected chi connectivity index (χ3v) is 6.94. The second-order valence-corrected chi connectivity index (χ2v) is 8.60. The van der Waals surface area contributed by atoms with E-state index in [4.69, 9.17) is 4.74 Å². The van der Waals surface area contributed by atoms with E-state index in [1.165, 1.54) is 25.7 Å². The van der Waals surface area contributed by atoms with Gasteiger partial charge in [0.2, 0.25) is 0 Å². The van der Waals surface area contributed by atoms with Crippen LogP contribution in [0.1, 0.15) is 66.7 Å². The minimum absolute atomic E-state index is 0.0997. The van der Waals surface area contributed by atoms with Crippen LogP contribution in [0, 0.1) is 28.6 Å². The molecule has 1 heterocycles. The molecule has 0 spiro atoms. The van der Waals surface area contributed by atoms with Crippen molar-refractivity contribution in [2.24, 2.45) is 28.6 Å². The Kier molecular flexibility index (Phi) is 2.91. The predicted octanol–water partition coefficient (Wildman–Crippen LogP) is 3.97. The summed E-state index contributed by atoms with van der Waals surface area (Å²) in [6.45, 7) is 11.8. The lowest BCUT2D eigenvalue weighted by molar-refractivity contribution is -0.181. The van der Waals surface area contributed by atoms with E-state index in [-0.39, 0.29) is 11.5 Å². The molecule has 1 unspecified atom stereocenters. The van der Waals surface area contributed by atoms with Gasteiger partial charge in [-0.05, 0) is 49.4 Å². The molecule has 3 fully saturated rings. The molecule has 2 aliphatic carbocycles. The molecule has 3 rings (SSSR count). The summed E-state index contributed by atoms with van der Waals surface area (Å²) >= 11 is 0. The first-order valence-electron chi connectivity index (χ1n) is 8.07. The third kappa shape index (κ3) is 1.75. The first kappa shape index (κ1) is 13.9. The Morgan fingerprint density at radius 1 is 1.05 bits per heavy atom. The Labute approximate surface area is 117 Å². The average Bonchev–Trinajstić information content (AvgIpc) is 2.49. The fourth-order valence-electron chi connectivity index (χ4n) is 6.38. The van der Waals surface area contributed by atoms with Gasteiger partial charge in [0.05, 0.1) is 5.60 Å². The summed E-state index contributed by atoms with van der Waals surface area (Å²) < 4.78 is 6.00. The number of aliphatic hydroxyl groups excluding tert-OH is 1. The Morgan fingerprint density at radius 2 is 1.74 bits per heavy atom. The van der Waals surface area contributed by atoms with Crippen molar-refractivity contribution in [3.63, 3.8) is 0 Å². The van der Waals surface area contributed by atoms with Gasteiger partial charge >= 0.3 is 0 Å². The van der Waals surface area contributed by atoms with Crippen LogP contribution in [0.5, 0.6) is 0 Å². The van der Waals surface area contributed by atoms with E-state index in [1.807, 2.05) is 0 Å². The lowest BCUT2D eigenvalue weighted by Crippen LogP contribution is -2.57. The fourth-order valence-corrected chi connectivity index (χ4v) is 6.38. The summed E-state index contributed by atoms with van der Waals surface area (Å²) in [5.41, 5.74) is 0.685. The molecule has 0 amide bonds. The van der Waals surface area contributed by atoms with Crippen molar-refractivity contribution in [3.05, 3.63) is 0 Å². The molecular formula is C17H30O2. The fraction of sp³-hybridized carbons (Fsp3) is 1.00. The van der Waals surface area contributed by atoms with Crippen LogP contribution >= 0.6 is 0 Å². The SMILES string of the molecule is C[C@@H]1C(O)O[C@]2(C)CC[C@H]3C(C)(C)CCC[C@]3(C)[C@@H]12. The first-order chi connectivity index (χ1) is 8.71. The molecule has 2 heteroatoms. The Balaban J connectivity index is 2.02. The summed E-state index contributed by atoms with van der Waals surface area (Å²) in [6.07, 6.45) is 5.81. The summed E-state index contributed by atoms with van der Waals surface area (Å²) in [5, 5.41) is 10.2. The van der Waals surface area contributed by atoms with E-state index in [9.17, 15) is 5.11 Å². The summed E-state index contributed by atoms with van der Waals surface area (Å²) in [4.78, 5) is 0.